The monoisotopic (exact) mass is 323 g/mol. The second kappa shape index (κ2) is 11.3. The second-order valence-corrected chi connectivity index (χ2v) is 5.16. The van der Waals surface area contributed by atoms with Crippen LogP contribution in [0, 0.1) is 5.92 Å². The Hall–Kier alpha value is -1.34. The molecule has 21 heavy (non-hydrogen) atoms. The maximum atomic E-state index is 11.7. The quantitative estimate of drug-likeness (QED) is 0.535. The van der Waals surface area contributed by atoms with Gasteiger partial charge >= 0.3 is 12.0 Å². The van der Waals surface area contributed by atoms with E-state index in [1.54, 1.807) is 0 Å². The van der Waals surface area contributed by atoms with Crippen LogP contribution in [0.2, 0.25) is 0 Å². The summed E-state index contributed by atoms with van der Waals surface area (Å²) >= 11 is 0. The number of carboxylic acids is 1. The van der Waals surface area contributed by atoms with E-state index in [9.17, 15) is 14.4 Å². The van der Waals surface area contributed by atoms with Crippen molar-refractivity contribution >= 4 is 30.3 Å². The molecule has 2 unspecified atom stereocenters. The van der Waals surface area contributed by atoms with Gasteiger partial charge in [-0.1, -0.05) is 27.2 Å². The highest BCUT2D eigenvalue weighted by atomic mass is 35.5. The highest BCUT2D eigenvalue weighted by molar-refractivity contribution is 5.97. The Balaban J connectivity index is 0. The molecule has 0 saturated carbocycles. The van der Waals surface area contributed by atoms with Crippen LogP contribution in [0.3, 0.4) is 0 Å². The first-order valence-corrected chi connectivity index (χ1v) is 6.85. The summed E-state index contributed by atoms with van der Waals surface area (Å²) < 4.78 is 0. The number of halogens is 1. The van der Waals surface area contributed by atoms with Crippen LogP contribution in [0.4, 0.5) is 4.79 Å². The third kappa shape index (κ3) is 10.1. The van der Waals surface area contributed by atoms with E-state index in [0.717, 1.165) is 0 Å². The van der Waals surface area contributed by atoms with Crippen LogP contribution in [-0.4, -0.2) is 41.6 Å². The molecule has 0 aliphatic rings. The molecule has 0 fully saturated rings. The average molecular weight is 324 g/mol. The normalized spacial score (nSPS) is 13.0. The zero-order chi connectivity index (χ0) is 15.7. The number of urea groups is 1. The third-order valence-electron chi connectivity index (χ3n) is 2.63. The van der Waals surface area contributed by atoms with Crippen molar-refractivity contribution < 1.29 is 19.5 Å². The fraction of sp³-hybridized carbons (Fsp3) is 0.769. The molecule has 0 radical (unpaired) electrons. The molecule has 0 aromatic heterocycles. The molecule has 0 rings (SSSR count). The summed E-state index contributed by atoms with van der Waals surface area (Å²) in [5.74, 6) is -1.27. The first-order valence-electron chi connectivity index (χ1n) is 6.85. The highest BCUT2D eigenvalue weighted by Gasteiger charge is 2.23. The Morgan fingerprint density at radius 1 is 1.14 bits per heavy atom. The van der Waals surface area contributed by atoms with Gasteiger partial charge in [-0.2, -0.15) is 0 Å². The number of nitrogens with one attached hydrogen (secondary N) is 3. The molecular formula is C13H26ClN3O4. The molecule has 0 saturated heterocycles. The van der Waals surface area contributed by atoms with E-state index in [4.69, 9.17) is 5.11 Å². The molecule has 0 aliphatic heterocycles. The Kier molecular flexibility index (Phi) is 11.8. The van der Waals surface area contributed by atoms with Gasteiger partial charge < -0.3 is 10.4 Å². The minimum absolute atomic E-state index is 0. The zero-order valence-electron chi connectivity index (χ0n) is 12.9. The molecule has 0 heterocycles. The van der Waals surface area contributed by atoms with Gasteiger partial charge in [0.25, 0.3) is 0 Å². The van der Waals surface area contributed by atoms with Crippen molar-refractivity contribution in [2.45, 2.75) is 52.6 Å². The molecule has 2 atom stereocenters. The fourth-order valence-electron chi connectivity index (χ4n) is 1.51. The summed E-state index contributed by atoms with van der Waals surface area (Å²) in [5.41, 5.74) is 0. The first-order chi connectivity index (χ1) is 9.27. The van der Waals surface area contributed by atoms with E-state index in [2.05, 4.69) is 16.0 Å². The highest BCUT2D eigenvalue weighted by Crippen LogP contribution is 1.99. The smallest absolute Gasteiger partial charge is 0.321 e. The van der Waals surface area contributed by atoms with Gasteiger partial charge in [-0.15, -0.1) is 12.4 Å². The van der Waals surface area contributed by atoms with Crippen LogP contribution in [-0.2, 0) is 9.59 Å². The number of hydrogen-bond acceptors (Lipinski definition) is 4. The molecule has 0 aromatic carbocycles. The van der Waals surface area contributed by atoms with Crippen molar-refractivity contribution in [1.82, 2.24) is 16.0 Å². The number of amides is 3. The van der Waals surface area contributed by atoms with Crippen LogP contribution in [0.1, 0.15) is 40.5 Å². The molecule has 0 aromatic rings. The van der Waals surface area contributed by atoms with Crippen LogP contribution in [0.25, 0.3) is 0 Å². The predicted molar refractivity (Wildman–Crippen MR) is 82.6 cm³/mol. The third-order valence-corrected chi connectivity index (χ3v) is 2.63. The van der Waals surface area contributed by atoms with E-state index in [0.29, 0.717) is 19.4 Å². The maximum absolute atomic E-state index is 11.7. The molecule has 124 valence electrons. The zero-order valence-corrected chi connectivity index (χ0v) is 13.8. The van der Waals surface area contributed by atoms with Crippen LogP contribution >= 0.6 is 12.4 Å². The van der Waals surface area contributed by atoms with Gasteiger partial charge in [0.1, 0.15) is 6.04 Å². The van der Waals surface area contributed by atoms with Gasteiger partial charge in [0.05, 0.1) is 6.04 Å². The molecule has 8 heteroatoms. The number of imide groups is 1. The number of hydrogen-bond donors (Lipinski definition) is 4. The second-order valence-electron chi connectivity index (χ2n) is 5.16. The summed E-state index contributed by atoms with van der Waals surface area (Å²) in [6.45, 7) is 7.73. The molecule has 3 amide bonds. The fourth-order valence-corrected chi connectivity index (χ4v) is 1.51. The van der Waals surface area contributed by atoms with Gasteiger partial charge in [0.2, 0.25) is 5.91 Å². The Labute approximate surface area is 131 Å². The summed E-state index contributed by atoms with van der Waals surface area (Å²) in [6.07, 6.45) is 1.11. The van der Waals surface area contributed by atoms with Gasteiger partial charge in [0, 0.05) is 6.54 Å². The summed E-state index contributed by atoms with van der Waals surface area (Å²) in [4.78, 5) is 34.1. The lowest BCUT2D eigenvalue weighted by Crippen LogP contribution is -2.52. The number of carbonyl (C=O) groups is 3. The first kappa shape index (κ1) is 21.9. The molecule has 0 spiro atoms. The van der Waals surface area contributed by atoms with Gasteiger partial charge in [-0.05, 0) is 19.3 Å². The van der Waals surface area contributed by atoms with Gasteiger partial charge in [-0.25, -0.2) is 4.79 Å². The molecular weight excluding hydrogens is 298 g/mol. The lowest BCUT2D eigenvalue weighted by Gasteiger charge is -2.19. The number of aliphatic carboxylic acids is 1. The lowest BCUT2D eigenvalue weighted by atomic mass is 10.1. The SMILES string of the molecule is CCCC(NC(C)C(=O)NC(=O)NCC(C)C)C(=O)O.Cl. The average Bonchev–Trinajstić information content (AvgIpc) is 2.35. The van der Waals surface area contributed by atoms with Gasteiger partial charge in [0.15, 0.2) is 0 Å². The Morgan fingerprint density at radius 2 is 1.71 bits per heavy atom. The van der Waals surface area contributed by atoms with Crippen LogP contribution in [0.5, 0.6) is 0 Å². The summed E-state index contributed by atoms with van der Waals surface area (Å²) in [6, 6.07) is -2.12. The minimum atomic E-state index is -1.00. The maximum Gasteiger partial charge on any atom is 0.321 e. The molecule has 7 nitrogen and oxygen atoms in total. The molecule has 0 bridgehead atoms. The lowest BCUT2D eigenvalue weighted by molar-refractivity contribution is -0.140. The van der Waals surface area contributed by atoms with Crippen molar-refractivity contribution in [1.29, 1.82) is 0 Å². The van der Waals surface area contributed by atoms with Crippen molar-refractivity contribution in [3.05, 3.63) is 0 Å². The summed E-state index contributed by atoms with van der Waals surface area (Å²) in [7, 11) is 0. The molecule has 4 N–H and O–H groups in total. The molecule has 0 aliphatic carbocycles. The van der Waals surface area contributed by atoms with E-state index < -0.39 is 30.0 Å². The number of carbonyl (C=O) groups excluding carboxylic acids is 2. The summed E-state index contributed by atoms with van der Waals surface area (Å²) in [5, 5.41) is 16.4. The Morgan fingerprint density at radius 3 is 2.14 bits per heavy atom. The standard InChI is InChI=1S/C13H25N3O4.ClH/c1-5-6-10(12(18)19)15-9(4)11(17)16-13(20)14-7-8(2)3;/h8-10,15H,5-7H2,1-4H3,(H,18,19)(H2,14,16,17,20);1H. The van der Waals surface area contributed by atoms with E-state index >= 15 is 0 Å². The van der Waals surface area contributed by atoms with Crippen molar-refractivity contribution in [2.24, 2.45) is 5.92 Å². The van der Waals surface area contributed by atoms with E-state index in [-0.39, 0.29) is 18.3 Å². The van der Waals surface area contributed by atoms with Crippen molar-refractivity contribution in [3.63, 3.8) is 0 Å². The topological polar surface area (TPSA) is 108 Å². The van der Waals surface area contributed by atoms with Crippen LogP contribution in [0.15, 0.2) is 0 Å². The van der Waals surface area contributed by atoms with Crippen LogP contribution < -0.4 is 16.0 Å². The largest absolute Gasteiger partial charge is 0.480 e. The number of carboxylic acid groups (broad SMARTS) is 1. The predicted octanol–water partition coefficient (Wildman–Crippen LogP) is 1.12. The van der Waals surface area contributed by atoms with Crippen molar-refractivity contribution in [2.75, 3.05) is 6.54 Å². The Bertz CT molecular complexity index is 350. The number of rotatable bonds is 8. The van der Waals surface area contributed by atoms with Crippen molar-refractivity contribution in [3.8, 4) is 0 Å². The van der Waals surface area contributed by atoms with Gasteiger partial charge in [-0.3, -0.25) is 20.2 Å². The van der Waals surface area contributed by atoms with E-state index in [1.165, 1.54) is 6.92 Å². The minimum Gasteiger partial charge on any atom is -0.480 e. The van der Waals surface area contributed by atoms with E-state index in [1.807, 2.05) is 20.8 Å².